The third kappa shape index (κ3) is 6.02. The molecule has 3 aromatic rings. The molecule has 2 fully saturated rings. The predicted molar refractivity (Wildman–Crippen MR) is 130 cm³/mol. The average Bonchev–Trinajstić information content (AvgIpc) is 3.26. The Balaban J connectivity index is 1.48. The Bertz CT molecular complexity index is 1380. The van der Waals surface area contributed by atoms with Gasteiger partial charge in [0, 0.05) is 41.8 Å². The average molecular weight is 584 g/mol. The number of rotatable bonds is 5. The first kappa shape index (κ1) is 28.8. The number of aromatic nitrogens is 1. The van der Waals surface area contributed by atoms with Crippen LogP contribution in [-0.2, 0) is 21.9 Å². The van der Waals surface area contributed by atoms with Crippen molar-refractivity contribution in [1.82, 2.24) is 4.90 Å². The Kier molecular flexibility index (Phi) is 7.47. The highest BCUT2D eigenvalue weighted by atomic mass is 19.4. The van der Waals surface area contributed by atoms with Gasteiger partial charge in [0.05, 0.1) is 23.3 Å². The molecule has 2 aliphatic rings. The quantitative estimate of drug-likeness (QED) is 0.215. The van der Waals surface area contributed by atoms with Gasteiger partial charge in [-0.15, -0.1) is 0 Å². The minimum atomic E-state index is -5.01. The van der Waals surface area contributed by atoms with Crippen molar-refractivity contribution in [3.63, 3.8) is 0 Å². The van der Waals surface area contributed by atoms with E-state index in [1.54, 1.807) is 29.2 Å². The molecule has 1 amide bonds. The lowest BCUT2D eigenvalue weighted by Gasteiger charge is -2.37. The van der Waals surface area contributed by atoms with E-state index in [9.17, 15) is 40.7 Å². The zero-order valence-corrected chi connectivity index (χ0v) is 21.7. The van der Waals surface area contributed by atoms with Crippen molar-refractivity contribution in [3.05, 3.63) is 101 Å². The molecule has 41 heavy (non-hydrogen) atoms. The van der Waals surface area contributed by atoms with Gasteiger partial charge >= 0.3 is 12.4 Å². The van der Waals surface area contributed by atoms with Gasteiger partial charge in [0.2, 0.25) is 18.3 Å². The predicted octanol–water partition coefficient (Wildman–Crippen LogP) is 6.41. The Morgan fingerprint density at radius 2 is 1.51 bits per heavy atom. The fourth-order valence-electron chi connectivity index (χ4n) is 5.91. The van der Waals surface area contributed by atoms with Gasteiger partial charge in [-0.3, -0.25) is 10.0 Å². The molecular weight excluding hydrogens is 557 g/mol. The smallest absolute Gasteiger partial charge is 0.368 e. The maximum Gasteiger partial charge on any atom is 0.416 e. The van der Waals surface area contributed by atoms with Crippen LogP contribution in [0.4, 0.5) is 30.7 Å². The summed E-state index contributed by atoms with van der Waals surface area (Å²) < 4.78 is 102. The standard InChI is InChI=1S/C29H26F7N2O3/c1-16(19-10-21(28(31,32)33)14-22(11-19)29(34,35)36)41-25-15-38-24(27(25)18-2-4-23(30)5-3-18)12-20(13-26(38)39)17-6-8-37(40)9-7-17/h2-11,14,16,20,24-25,27,40H,12-13,15H2,1H3/q+1/t16-,20?,24?,25?,27+/m1/s1. The number of ether oxygens (including phenoxy) is 1. The highest BCUT2D eigenvalue weighted by Gasteiger charge is 2.49. The molecule has 5 nitrogen and oxygen atoms in total. The molecule has 0 spiro atoms. The fraction of sp³-hybridized carbons (Fsp3) is 0.379. The van der Waals surface area contributed by atoms with E-state index < -0.39 is 53.5 Å². The number of pyridine rings is 1. The van der Waals surface area contributed by atoms with Crippen LogP contribution in [0.5, 0.6) is 0 Å². The SMILES string of the molecule is C[C@@H](OC1CN2C(=O)CC(c3cc[n+](O)cc3)CC2[C@@H]1c1ccc(F)cc1)c1cc(C(F)(F)F)cc(C(F)(F)F)c1. The highest BCUT2D eigenvalue weighted by molar-refractivity contribution is 5.79. The zero-order valence-electron chi connectivity index (χ0n) is 21.7. The van der Waals surface area contributed by atoms with Crippen molar-refractivity contribution < 1.29 is 50.2 Å². The van der Waals surface area contributed by atoms with E-state index in [1.807, 2.05) is 0 Å². The van der Waals surface area contributed by atoms with Crippen LogP contribution in [0.15, 0.2) is 67.0 Å². The number of nitrogens with zero attached hydrogens (tertiary/aromatic N) is 2. The van der Waals surface area contributed by atoms with Crippen LogP contribution in [0, 0.1) is 5.82 Å². The molecular formula is C29H26F7N2O3+. The Hall–Kier alpha value is -3.67. The summed E-state index contributed by atoms with van der Waals surface area (Å²) in [6.45, 7) is 1.44. The number of hydrogen-bond acceptors (Lipinski definition) is 3. The zero-order chi connectivity index (χ0) is 29.7. The molecule has 0 saturated carbocycles. The molecule has 5 atom stereocenters. The van der Waals surface area contributed by atoms with Crippen molar-refractivity contribution in [2.24, 2.45) is 0 Å². The molecule has 1 N–H and O–H groups in total. The summed E-state index contributed by atoms with van der Waals surface area (Å²) in [5.41, 5.74) is -1.74. The number of alkyl halides is 6. The molecule has 3 unspecified atom stereocenters. The number of halogens is 7. The van der Waals surface area contributed by atoms with Crippen molar-refractivity contribution in [1.29, 1.82) is 0 Å². The second kappa shape index (κ2) is 10.6. The van der Waals surface area contributed by atoms with E-state index in [2.05, 4.69) is 0 Å². The lowest BCUT2D eigenvalue weighted by molar-refractivity contribution is -0.904. The van der Waals surface area contributed by atoms with E-state index in [0.29, 0.717) is 24.1 Å². The van der Waals surface area contributed by atoms with E-state index in [1.165, 1.54) is 31.5 Å². The summed E-state index contributed by atoms with van der Waals surface area (Å²) >= 11 is 0. The number of amides is 1. The minimum absolute atomic E-state index is 0.0635. The largest absolute Gasteiger partial charge is 0.416 e. The number of hydrogen-bond donors (Lipinski definition) is 1. The van der Waals surface area contributed by atoms with Crippen LogP contribution in [-0.4, -0.2) is 34.7 Å². The first-order valence-corrected chi connectivity index (χ1v) is 12.9. The molecule has 0 bridgehead atoms. The fourth-order valence-corrected chi connectivity index (χ4v) is 5.91. The number of piperidine rings is 1. The van der Waals surface area contributed by atoms with E-state index >= 15 is 0 Å². The number of carbonyl (C=O) groups is 1. The van der Waals surface area contributed by atoms with Crippen LogP contribution >= 0.6 is 0 Å². The van der Waals surface area contributed by atoms with Gasteiger partial charge in [0.15, 0.2) is 0 Å². The first-order valence-electron chi connectivity index (χ1n) is 12.9. The molecule has 3 heterocycles. The van der Waals surface area contributed by atoms with Gasteiger partial charge in [-0.1, -0.05) is 12.1 Å². The van der Waals surface area contributed by atoms with Gasteiger partial charge in [-0.2, -0.15) is 26.3 Å². The molecule has 12 heteroatoms. The van der Waals surface area contributed by atoms with E-state index in [-0.39, 0.29) is 36.4 Å². The van der Waals surface area contributed by atoms with Crippen LogP contribution in [0.1, 0.15) is 65.5 Å². The number of fused-ring (bicyclic) bond motifs is 1. The third-order valence-corrected chi connectivity index (χ3v) is 7.88. The molecule has 5 rings (SSSR count). The van der Waals surface area contributed by atoms with Crippen LogP contribution in [0.2, 0.25) is 0 Å². The molecule has 2 aliphatic heterocycles. The maximum absolute atomic E-state index is 13.8. The molecule has 0 radical (unpaired) electrons. The third-order valence-electron chi connectivity index (χ3n) is 7.88. The van der Waals surface area contributed by atoms with Gasteiger partial charge in [-0.05, 0) is 66.3 Å². The number of benzene rings is 2. The van der Waals surface area contributed by atoms with Crippen molar-refractivity contribution in [3.8, 4) is 0 Å². The molecule has 0 aliphatic carbocycles. The summed E-state index contributed by atoms with van der Waals surface area (Å²) in [7, 11) is 0. The maximum atomic E-state index is 13.8. The van der Waals surface area contributed by atoms with Crippen LogP contribution in [0.3, 0.4) is 0 Å². The van der Waals surface area contributed by atoms with Gasteiger partial charge in [0.1, 0.15) is 5.82 Å². The first-order chi connectivity index (χ1) is 19.2. The lowest BCUT2D eigenvalue weighted by atomic mass is 9.79. The molecule has 2 aromatic carbocycles. The monoisotopic (exact) mass is 583 g/mol. The Morgan fingerprint density at radius 1 is 0.927 bits per heavy atom. The second-order valence-corrected chi connectivity index (χ2v) is 10.5. The van der Waals surface area contributed by atoms with Crippen LogP contribution < -0.4 is 4.73 Å². The Morgan fingerprint density at radius 3 is 2.07 bits per heavy atom. The van der Waals surface area contributed by atoms with Crippen LogP contribution in [0.25, 0.3) is 0 Å². The summed E-state index contributed by atoms with van der Waals surface area (Å²) in [5.74, 6) is -1.40. The highest BCUT2D eigenvalue weighted by Crippen LogP contribution is 2.46. The van der Waals surface area contributed by atoms with Crippen molar-refractivity contribution in [2.75, 3.05) is 6.54 Å². The molecule has 218 valence electrons. The van der Waals surface area contributed by atoms with E-state index in [4.69, 9.17) is 4.74 Å². The summed E-state index contributed by atoms with van der Waals surface area (Å²) in [5, 5.41) is 9.58. The topological polar surface area (TPSA) is 53.7 Å². The normalized spacial score (nSPS) is 23.9. The summed E-state index contributed by atoms with van der Waals surface area (Å²) in [6, 6.07) is 9.89. The molecule has 1 aromatic heterocycles. The number of carbonyl (C=O) groups excluding carboxylic acids is 1. The second-order valence-electron chi connectivity index (χ2n) is 10.5. The Labute approximate surface area is 230 Å². The van der Waals surface area contributed by atoms with Crippen molar-refractivity contribution in [2.45, 2.75) is 62.2 Å². The van der Waals surface area contributed by atoms with E-state index in [0.717, 1.165) is 10.3 Å². The van der Waals surface area contributed by atoms with Gasteiger partial charge < -0.3 is 9.64 Å². The minimum Gasteiger partial charge on any atom is -0.368 e. The lowest BCUT2D eigenvalue weighted by Crippen LogP contribution is -2.43. The van der Waals surface area contributed by atoms with Gasteiger partial charge in [-0.25, -0.2) is 4.39 Å². The van der Waals surface area contributed by atoms with Gasteiger partial charge in [0.25, 0.3) is 0 Å². The summed E-state index contributed by atoms with van der Waals surface area (Å²) in [6.07, 6.45) is -8.45. The summed E-state index contributed by atoms with van der Waals surface area (Å²) in [4.78, 5) is 14.9. The molecule has 2 saturated heterocycles. The van der Waals surface area contributed by atoms with Crippen molar-refractivity contribution >= 4 is 5.91 Å².